The monoisotopic (exact) mass is 325 g/mol. The van der Waals surface area contributed by atoms with Crippen molar-refractivity contribution in [3.8, 4) is 0 Å². The Labute approximate surface area is 125 Å². The molecule has 0 heterocycles. The van der Waals surface area contributed by atoms with Gasteiger partial charge in [-0.05, 0) is 56.3 Å². The Balaban J connectivity index is 2.03. The van der Waals surface area contributed by atoms with E-state index in [9.17, 15) is 0 Å². The summed E-state index contributed by atoms with van der Waals surface area (Å²) in [6.45, 7) is 6.07. The van der Waals surface area contributed by atoms with Crippen molar-refractivity contribution >= 4 is 15.9 Å². The van der Waals surface area contributed by atoms with Crippen LogP contribution in [0.3, 0.4) is 0 Å². The second-order valence-electron chi connectivity index (χ2n) is 5.25. The quantitative estimate of drug-likeness (QED) is 0.785. The zero-order chi connectivity index (χ0) is 13.7. The van der Waals surface area contributed by atoms with Crippen LogP contribution >= 0.6 is 15.9 Å². The van der Waals surface area contributed by atoms with Gasteiger partial charge in [-0.25, -0.2) is 0 Å². The molecule has 1 fully saturated rings. The van der Waals surface area contributed by atoms with E-state index in [1.165, 1.54) is 18.4 Å². The number of hydrogen-bond donors (Lipinski definition) is 1. The summed E-state index contributed by atoms with van der Waals surface area (Å²) in [6.07, 6.45) is 4.07. The molecule has 2 nitrogen and oxygen atoms in total. The minimum atomic E-state index is 0.369. The Morgan fingerprint density at radius 3 is 2.47 bits per heavy atom. The molecule has 0 spiro atoms. The molecule has 0 aliphatic heterocycles. The van der Waals surface area contributed by atoms with Gasteiger partial charge in [0.05, 0.1) is 6.10 Å². The van der Waals surface area contributed by atoms with E-state index in [2.05, 4.69) is 59.4 Å². The summed E-state index contributed by atoms with van der Waals surface area (Å²) < 4.78 is 7.14. The van der Waals surface area contributed by atoms with Gasteiger partial charge >= 0.3 is 0 Å². The first-order valence-electron chi connectivity index (χ1n) is 7.34. The van der Waals surface area contributed by atoms with Crippen LogP contribution in [-0.2, 0) is 11.2 Å². The summed E-state index contributed by atoms with van der Waals surface area (Å²) in [5.41, 5.74) is 1.37. The van der Waals surface area contributed by atoms with Gasteiger partial charge in [0.2, 0.25) is 0 Å². The first kappa shape index (κ1) is 15.0. The molecule has 2 atom stereocenters. The maximum Gasteiger partial charge on any atom is 0.0759 e. The zero-order valence-electron chi connectivity index (χ0n) is 11.9. The topological polar surface area (TPSA) is 21.3 Å². The van der Waals surface area contributed by atoms with E-state index in [4.69, 9.17) is 4.74 Å². The standard InChI is InChI=1S/C16H24BrNO/c1-3-18-15(16(19-4-2)13-7-8-13)11-12-5-9-14(17)10-6-12/h5-6,9-10,13,15-16,18H,3-4,7-8,11H2,1-2H3. The maximum absolute atomic E-state index is 6.00. The predicted octanol–water partition coefficient (Wildman–Crippen LogP) is 3.78. The highest BCUT2D eigenvalue weighted by Gasteiger charge is 2.36. The van der Waals surface area contributed by atoms with Crippen molar-refractivity contribution in [1.29, 1.82) is 0 Å². The van der Waals surface area contributed by atoms with Crippen LogP contribution < -0.4 is 5.32 Å². The molecule has 106 valence electrons. The number of ether oxygens (including phenoxy) is 1. The molecule has 2 unspecified atom stereocenters. The number of nitrogens with one attached hydrogen (secondary N) is 1. The fourth-order valence-electron chi connectivity index (χ4n) is 2.64. The van der Waals surface area contributed by atoms with E-state index in [-0.39, 0.29) is 0 Å². The SMILES string of the molecule is CCNC(Cc1ccc(Br)cc1)C(OCC)C1CC1. The Kier molecular flexibility index (Phi) is 5.86. The van der Waals surface area contributed by atoms with Gasteiger partial charge in [0.15, 0.2) is 0 Å². The van der Waals surface area contributed by atoms with Crippen LogP contribution in [0.4, 0.5) is 0 Å². The van der Waals surface area contributed by atoms with Crippen molar-refractivity contribution in [3.05, 3.63) is 34.3 Å². The predicted molar refractivity (Wildman–Crippen MR) is 83.4 cm³/mol. The molecule has 1 aliphatic carbocycles. The fraction of sp³-hybridized carbons (Fsp3) is 0.625. The summed E-state index contributed by atoms with van der Waals surface area (Å²) in [7, 11) is 0. The number of halogens is 1. The van der Waals surface area contributed by atoms with Gasteiger partial charge in [0, 0.05) is 17.1 Å². The third-order valence-corrected chi connectivity index (χ3v) is 4.21. The minimum absolute atomic E-state index is 0.369. The molecule has 3 heteroatoms. The molecule has 1 saturated carbocycles. The molecule has 0 aromatic heterocycles. The number of rotatable bonds is 8. The first-order valence-corrected chi connectivity index (χ1v) is 8.13. The van der Waals surface area contributed by atoms with E-state index in [0.29, 0.717) is 12.1 Å². The Hall–Kier alpha value is -0.380. The van der Waals surface area contributed by atoms with E-state index in [0.717, 1.165) is 30.0 Å². The van der Waals surface area contributed by atoms with Crippen molar-refractivity contribution in [2.24, 2.45) is 5.92 Å². The van der Waals surface area contributed by atoms with E-state index in [1.54, 1.807) is 0 Å². The Morgan fingerprint density at radius 2 is 1.95 bits per heavy atom. The molecular formula is C16H24BrNO. The largest absolute Gasteiger partial charge is 0.377 e. The second kappa shape index (κ2) is 7.41. The lowest BCUT2D eigenvalue weighted by Gasteiger charge is -2.28. The number of likely N-dealkylation sites (N-methyl/N-ethyl adjacent to an activating group) is 1. The minimum Gasteiger partial charge on any atom is -0.377 e. The van der Waals surface area contributed by atoms with E-state index in [1.807, 2.05) is 0 Å². The van der Waals surface area contributed by atoms with Gasteiger partial charge in [-0.2, -0.15) is 0 Å². The van der Waals surface area contributed by atoms with Crippen LogP contribution in [0.1, 0.15) is 32.3 Å². The molecule has 19 heavy (non-hydrogen) atoms. The van der Waals surface area contributed by atoms with Crippen LogP contribution in [-0.4, -0.2) is 25.3 Å². The fourth-order valence-corrected chi connectivity index (χ4v) is 2.90. The van der Waals surface area contributed by atoms with Crippen LogP contribution in [0.15, 0.2) is 28.7 Å². The lowest BCUT2D eigenvalue weighted by molar-refractivity contribution is 0.0196. The lowest BCUT2D eigenvalue weighted by Crippen LogP contribution is -2.44. The van der Waals surface area contributed by atoms with Gasteiger partial charge in [-0.3, -0.25) is 0 Å². The highest BCUT2D eigenvalue weighted by Crippen LogP contribution is 2.36. The third-order valence-electron chi connectivity index (χ3n) is 3.68. The zero-order valence-corrected chi connectivity index (χ0v) is 13.4. The van der Waals surface area contributed by atoms with Crippen molar-refractivity contribution in [1.82, 2.24) is 5.32 Å². The summed E-state index contributed by atoms with van der Waals surface area (Å²) in [4.78, 5) is 0. The highest BCUT2D eigenvalue weighted by molar-refractivity contribution is 9.10. The lowest BCUT2D eigenvalue weighted by atomic mass is 9.98. The van der Waals surface area contributed by atoms with Crippen molar-refractivity contribution in [2.75, 3.05) is 13.2 Å². The molecule has 1 aromatic rings. The average molecular weight is 326 g/mol. The Bertz CT molecular complexity index is 375. The van der Waals surface area contributed by atoms with Gasteiger partial charge in [-0.15, -0.1) is 0 Å². The molecule has 0 bridgehead atoms. The smallest absolute Gasteiger partial charge is 0.0759 e. The second-order valence-corrected chi connectivity index (χ2v) is 6.17. The van der Waals surface area contributed by atoms with Crippen LogP contribution in [0.5, 0.6) is 0 Å². The van der Waals surface area contributed by atoms with E-state index < -0.39 is 0 Å². The van der Waals surface area contributed by atoms with Crippen LogP contribution in [0.2, 0.25) is 0 Å². The summed E-state index contributed by atoms with van der Waals surface area (Å²) >= 11 is 3.49. The summed E-state index contributed by atoms with van der Waals surface area (Å²) in [5, 5.41) is 3.62. The first-order chi connectivity index (χ1) is 9.24. The van der Waals surface area contributed by atoms with Gasteiger partial charge < -0.3 is 10.1 Å². The van der Waals surface area contributed by atoms with Crippen molar-refractivity contribution < 1.29 is 4.74 Å². The van der Waals surface area contributed by atoms with Gasteiger partial charge in [0.25, 0.3) is 0 Å². The van der Waals surface area contributed by atoms with Gasteiger partial charge in [-0.1, -0.05) is 35.0 Å². The van der Waals surface area contributed by atoms with Crippen LogP contribution in [0.25, 0.3) is 0 Å². The molecule has 1 N–H and O–H groups in total. The maximum atomic E-state index is 6.00. The molecule has 0 saturated heterocycles. The van der Waals surface area contributed by atoms with E-state index >= 15 is 0 Å². The van der Waals surface area contributed by atoms with Crippen LogP contribution in [0, 0.1) is 5.92 Å². The summed E-state index contributed by atoms with van der Waals surface area (Å²) in [6, 6.07) is 9.06. The number of hydrogen-bond acceptors (Lipinski definition) is 2. The van der Waals surface area contributed by atoms with Crippen molar-refractivity contribution in [2.45, 2.75) is 45.3 Å². The summed E-state index contributed by atoms with van der Waals surface area (Å²) in [5.74, 6) is 0.763. The van der Waals surface area contributed by atoms with Crippen molar-refractivity contribution in [3.63, 3.8) is 0 Å². The molecule has 1 aromatic carbocycles. The Morgan fingerprint density at radius 1 is 1.26 bits per heavy atom. The third kappa shape index (κ3) is 4.59. The normalized spacial score (nSPS) is 18.3. The molecule has 0 amide bonds. The van der Waals surface area contributed by atoms with Gasteiger partial charge in [0.1, 0.15) is 0 Å². The molecule has 0 radical (unpaired) electrons. The molecular weight excluding hydrogens is 302 g/mol. The number of benzene rings is 1. The highest BCUT2D eigenvalue weighted by atomic mass is 79.9. The molecule has 1 aliphatic rings. The molecule has 2 rings (SSSR count). The average Bonchev–Trinajstić information content (AvgIpc) is 3.22.